The maximum Gasteiger partial charge on any atom is 0.488 e. The molecule has 11 heteroatoms. The van der Waals surface area contributed by atoms with Crippen molar-refractivity contribution in [1.29, 1.82) is 0 Å². The van der Waals surface area contributed by atoms with Crippen LogP contribution in [0.5, 0.6) is 0 Å². The third-order valence-electron chi connectivity index (χ3n) is 2.73. The molecule has 0 radical (unpaired) electrons. The van der Waals surface area contributed by atoms with Crippen LogP contribution >= 0.6 is 0 Å². The molecule has 0 aliphatic heterocycles. The third kappa shape index (κ3) is 16.2. The summed E-state index contributed by atoms with van der Waals surface area (Å²) in [6.45, 7) is 12.9. The fourth-order valence-electron chi connectivity index (χ4n) is 1.33. The van der Waals surface area contributed by atoms with Crippen molar-refractivity contribution in [3.63, 3.8) is 0 Å². The van der Waals surface area contributed by atoms with Crippen molar-refractivity contribution in [2.75, 3.05) is 12.0 Å². The smallest absolute Gasteiger partial charge is 0.423 e. The maximum absolute atomic E-state index is 10.9. The molecule has 0 atom stereocenters. The van der Waals surface area contributed by atoms with E-state index in [1.54, 1.807) is 18.2 Å². The van der Waals surface area contributed by atoms with E-state index in [2.05, 4.69) is 48.0 Å². The summed E-state index contributed by atoms with van der Waals surface area (Å²) in [5.74, 6) is -1.47. The van der Waals surface area contributed by atoms with E-state index in [0.29, 0.717) is 11.2 Å². The first-order valence-electron chi connectivity index (χ1n) is 8.23. The van der Waals surface area contributed by atoms with Crippen molar-refractivity contribution >= 4 is 41.9 Å². The molecule has 7 N–H and O–H groups in total. The molecule has 0 saturated carbocycles. The van der Waals surface area contributed by atoms with Gasteiger partial charge < -0.3 is 31.7 Å². The molecule has 0 saturated heterocycles. The van der Waals surface area contributed by atoms with Gasteiger partial charge in [0.1, 0.15) is 0 Å². The molecule has 1 aromatic rings. The van der Waals surface area contributed by atoms with Crippen molar-refractivity contribution in [2.24, 2.45) is 5.73 Å². The van der Waals surface area contributed by atoms with Crippen LogP contribution in [0.2, 0.25) is 0 Å². The molecule has 10 nitrogen and oxygen atoms in total. The Balaban J connectivity index is 0. The molecule has 0 bridgehead atoms. The van der Waals surface area contributed by atoms with E-state index in [-0.39, 0.29) is 24.4 Å². The molecule has 0 aliphatic carbocycles. The quantitative estimate of drug-likeness (QED) is 0.175. The van der Waals surface area contributed by atoms with Crippen LogP contribution in [0.15, 0.2) is 74.9 Å². The Kier molecular flexibility index (Phi) is 16.2. The topological polar surface area (TPSA) is 171 Å². The molecule has 0 heterocycles. The lowest BCUT2D eigenvalue weighted by Gasteiger charge is -2.04. The first kappa shape index (κ1) is 28.3. The molecular formula is C19H25BN4O6. The molecule has 30 heavy (non-hydrogen) atoms. The number of rotatable bonds is 8. The molecule has 160 valence electrons. The second-order valence-corrected chi connectivity index (χ2v) is 4.97. The first-order valence-corrected chi connectivity index (χ1v) is 8.23. The second-order valence-electron chi connectivity index (χ2n) is 4.97. The van der Waals surface area contributed by atoms with Crippen LogP contribution in [-0.2, 0) is 19.2 Å². The number of anilines is 1. The Morgan fingerprint density at radius 2 is 1.37 bits per heavy atom. The molecular weight excluding hydrogens is 391 g/mol. The van der Waals surface area contributed by atoms with Gasteiger partial charge in [0, 0.05) is 5.69 Å². The number of benzene rings is 1. The van der Waals surface area contributed by atoms with E-state index in [0.717, 1.165) is 24.3 Å². The van der Waals surface area contributed by atoms with Gasteiger partial charge in [-0.1, -0.05) is 38.4 Å². The maximum atomic E-state index is 10.9. The number of hydrogen-bond acceptors (Lipinski definition) is 6. The lowest BCUT2D eigenvalue weighted by molar-refractivity contribution is -0.118. The molecule has 0 unspecified atom stereocenters. The lowest BCUT2D eigenvalue weighted by Crippen LogP contribution is -2.35. The normalized spacial score (nSPS) is 8.33. The van der Waals surface area contributed by atoms with Crippen LogP contribution in [-0.4, -0.2) is 47.5 Å². The van der Waals surface area contributed by atoms with Crippen LogP contribution in [0.1, 0.15) is 0 Å². The summed E-state index contributed by atoms with van der Waals surface area (Å²) < 4.78 is 0. The zero-order valence-corrected chi connectivity index (χ0v) is 16.3. The number of nitrogens with two attached hydrogens (primary N) is 1. The Bertz CT molecular complexity index is 760. The standard InChI is InChI=1S/C9H10BNO3.C7H10N2O2.C3H5NO/c1-2-9(12)11-8-5-3-4-7(6-8)10(13)14;1-3-6(10)8-5-9-7(11)4-2;1-2-3(4)5/h2-6,13-14H,1H2,(H,11,12);3-4H,1-2,5H2,(H,8,10)(H,9,11);2H,1H2,(H2,4,5). The van der Waals surface area contributed by atoms with Crippen LogP contribution in [0.25, 0.3) is 0 Å². The summed E-state index contributed by atoms with van der Waals surface area (Å²) in [6, 6.07) is 6.29. The van der Waals surface area contributed by atoms with Crippen molar-refractivity contribution in [3.05, 3.63) is 74.9 Å². The van der Waals surface area contributed by atoms with Gasteiger partial charge in [0.15, 0.2) is 0 Å². The van der Waals surface area contributed by atoms with Gasteiger partial charge in [-0.2, -0.15) is 0 Å². The second kappa shape index (κ2) is 17.2. The van der Waals surface area contributed by atoms with Crippen molar-refractivity contribution < 1.29 is 29.2 Å². The third-order valence-corrected chi connectivity index (χ3v) is 2.73. The largest absolute Gasteiger partial charge is 0.488 e. The van der Waals surface area contributed by atoms with Gasteiger partial charge in [0.2, 0.25) is 23.6 Å². The summed E-state index contributed by atoms with van der Waals surface area (Å²) in [5.41, 5.74) is 5.36. The SMILES string of the molecule is C=CC(=O)NCNC(=O)C=C.C=CC(=O)Nc1cccc(B(O)O)c1.C=CC(N)=O. The van der Waals surface area contributed by atoms with Crippen LogP contribution < -0.4 is 27.1 Å². The highest BCUT2D eigenvalue weighted by Crippen LogP contribution is 2.03. The monoisotopic (exact) mass is 416 g/mol. The highest BCUT2D eigenvalue weighted by molar-refractivity contribution is 6.58. The van der Waals surface area contributed by atoms with Crippen molar-refractivity contribution in [3.8, 4) is 0 Å². The average Bonchev–Trinajstić information content (AvgIpc) is 2.74. The van der Waals surface area contributed by atoms with E-state index in [4.69, 9.17) is 10.0 Å². The zero-order valence-electron chi connectivity index (χ0n) is 16.3. The van der Waals surface area contributed by atoms with Gasteiger partial charge in [-0.15, -0.1) is 0 Å². The number of carbonyl (C=O) groups is 4. The van der Waals surface area contributed by atoms with Crippen molar-refractivity contribution in [2.45, 2.75) is 0 Å². The fraction of sp³-hybridized carbons (Fsp3) is 0.0526. The average molecular weight is 416 g/mol. The molecule has 0 spiro atoms. The molecule has 1 aromatic carbocycles. The minimum absolute atomic E-state index is 0.0930. The summed E-state index contributed by atoms with van der Waals surface area (Å²) >= 11 is 0. The van der Waals surface area contributed by atoms with E-state index in [1.165, 1.54) is 6.07 Å². The summed E-state index contributed by atoms with van der Waals surface area (Å²) in [6.07, 6.45) is 4.45. The van der Waals surface area contributed by atoms with Gasteiger partial charge in [0.05, 0.1) is 6.67 Å². The minimum atomic E-state index is -1.53. The predicted molar refractivity (Wildman–Crippen MR) is 116 cm³/mol. The van der Waals surface area contributed by atoms with E-state index in [9.17, 15) is 19.2 Å². The first-order chi connectivity index (χ1) is 14.1. The summed E-state index contributed by atoms with van der Waals surface area (Å²) in [4.78, 5) is 41.3. The highest BCUT2D eigenvalue weighted by Gasteiger charge is 2.10. The van der Waals surface area contributed by atoms with E-state index < -0.39 is 13.0 Å². The number of primary amides is 1. The Morgan fingerprint density at radius 3 is 1.73 bits per heavy atom. The van der Waals surface area contributed by atoms with Gasteiger partial charge >= 0.3 is 7.12 Å². The highest BCUT2D eigenvalue weighted by atomic mass is 16.4. The lowest BCUT2D eigenvalue weighted by atomic mass is 9.80. The van der Waals surface area contributed by atoms with Crippen LogP contribution in [0, 0.1) is 0 Å². The molecule has 0 aromatic heterocycles. The molecule has 4 amide bonds. The number of carbonyl (C=O) groups excluding carboxylic acids is 4. The van der Waals surface area contributed by atoms with Gasteiger partial charge in [-0.3, -0.25) is 19.2 Å². The van der Waals surface area contributed by atoms with Crippen molar-refractivity contribution in [1.82, 2.24) is 10.6 Å². The predicted octanol–water partition coefficient (Wildman–Crippen LogP) is -1.30. The van der Waals surface area contributed by atoms with E-state index in [1.807, 2.05) is 0 Å². The Hall–Kier alpha value is -3.96. The number of amides is 4. The molecule has 0 aliphatic rings. The van der Waals surface area contributed by atoms with E-state index >= 15 is 0 Å². The van der Waals surface area contributed by atoms with Crippen LogP contribution in [0.4, 0.5) is 5.69 Å². The summed E-state index contributed by atoms with van der Waals surface area (Å²) in [7, 11) is -1.53. The molecule has 0 fully saturated rings. The fourth-order valence-corrected chi connectivity index (χ4v) is 1.33. The number of hydrogen-bond donors (Lipinski definition) is 6. The Labute approximate surface area is 175 Å². The van der Waals surface area contributed by atoms with Gasteiger partial charge in [0.25, 0.3) is 0 Å². The Morgan fingerprint density at radius 1 is 0.900 bits per heavy atom. The van der Waals surface area contributed by atoms with Crippen LogP contribution in [0.3, 0.4) is 0 Å². The zero-order chi connectivity index (χ0) is 23.5. The van der Waals surface area contributed by atoms with Gasteiger partial charge in [-0.05, 0) is 41.9 Å². The molecule has 1 rings (SSSR count). The summed E-state index contributed by atoms with van der Waals surface area (Å²) in [5, 5.41) is 25.0. The minimum Gasteiger partial charge on any atom is -0.423 e. The number of nitrogens with one attached hydrogen (secondary N) is 3. The van der Waals surface area contributed by atoms with Gasteiger partial charge in [-0.25, -0.2) is 0 Å².